The summed E-state index contributed by atoms with van der Waals surface area (Å²) in [6, 6.07) is 1.21. The number of hydrogen-bond acceptors (Lipinski definition) is 4. The number of methoxy groups -OCH3 is 1. The van der Waals surface area contributed by atoms with Crippen molar-refractivity contribution in [2.45, 2.75) is 31.8 Å². The molecule has 1 aliphatic heterocycles. The fourth-order valence-electron chi connectivity index (χ4n) is 2.52. The molecule has 4 nitrogen and oxygen atoms in total. The summed E-state index contributed by atoms with van der Waals surface area (Å²) in [7, 11) is 6.25. The van der Waals surface area contributed by atoms with Crippen LogP contribution in [0.4, 0.5) is 0 Å². The van der Waals surface area contributed by atoms with Gasteiger partial charge in [0.25, 0.3) is 0 Å². The molecule has 1 fully saturated rings. The summed E-state index contributed by atoms with van der Waals surface area (Å²) in [6.07, 6.45) is 2.55. The molecule has 1 atom stereocenters. The molecule has 1 unspecified atom stereocenters. The van der Waals surface area contributed by atoms with E-state index >= 15 is 0 Å². The minimum atomic E-state index is 0.494. The first kappa shape index (κ1) is 14.9. The van der Waals surface area contributed by atoms with E-state index in [1.54, 1.807) is 7.11 Å². The van der Waals surface area contributed by atoms with Crippen molar-refractivity contribution in [3.8, 4) is 0 Å². The molecule has 1 saturated heterocycles. The lowest BCUT2D eigenvalue weighted by molar-refractivity contribution is 0.0556. The van der Waals surface area contributed by atoms with Crippen molar-refractivity contribution >= 4 is 0 Å². The van der Waals surface area contributed by atoms with Gasteiger partial charge in [-0.25, -0.2) is 0 Å². The van der Waals surface area contributed by atoms with Gasteiger partial charge >= 0.3 is 0 Å². The van der Waals surface area contributed by atoms with Gasteiger partial charge in [-0.3, -0.25) is 4.90 Å². The Bertz CT molecular complexity index is 193. The first-order chi connectivity index (χ1) is 8.19. The summed E-state index contributed by atoms with van der Waals surface area (Å²) in [5.74, 6) is 0. The summed E-state index contributed by atoms with van der Waals surface area (Å²) in [5, 5.41) is 3.43. The Morgan fingerprint density at radius 3 is 2.59 bits per heavy atom. The molecule has 0 bridgehead atoms. The maximum atomic E-state index is 5.34. The lowest BCUT2D eigenvalue weighted by Gasteiger charge is -2.39. The van der Waals surface area contributed by atoms with Gasteiger partial charge in [-0.05, 0) is 46.6 Å². The highest BCUT2D eigenvalue weighted by Gasteiger charge is 2.25. The number of hydrogen-bond donors (Lipinski definition) is 1. The number of ether oxygens (including phenoxy) is 1. The third-order valence-electron chi connectivity index (χ3n) is 3.83. The van der Waals surface area contributed by atoms with Crippen molar-refractivity contribution in [2.75, 3.05) is 54.0 Å². The number of rotatable bonds is 7. The van der Waals surface area contributed by atoms with E-state index in [-0.39, 0.29) is 0 Å². The summed E-state index contributed by atoms with van der Waals surface area (Å²) in [4.78, 5) is 4.93. The smallest absolute Gasteiger partial charge is 0.0630 e. The molecule has 1 rings (SSSR count). The van der Waals surface area contributed by atoms with E-state index in [0.717, 1.165) is 19.7 Å². The predicted octanol–water partition coefficient (Wildman–Crippen LogP) is 0.637. The molecule has 0 aliphatic carbocycles. The highest BCUT2D eigenvalue weighted by Crippen LogP contribution is 2.16. The lowest BCUT2D eigenvalue weighted by atomic mass is 10.0. The zero-order valence-corrected chi connectivity index (χ0v) is 11.9. The highest BCUT2D eigenvalue weighted by atomic mass is 16.5. The van der Waals surface area contributed by atoms with Gasteiger partial charge in [0.15, 0.2) is 0 Å². The molecule has 17 heavy (non-hydrogen) atoms. The quantitative estimate of drug-likeness (QED) is 0.710. The van der Waals surface area contributed by atoms with Gasteiger partial charge in [0.1, 0.15) is 0 Å². The van der Waals surface area contributed by atoms with Gasteiger partial charge in [0.2, 0.25) is 0 Å². The standard InChI is InChI=1S/C13H29N3O/c1-5-14-10-13(11-17-4)16(3)12-6-8-15(2)9-7-12/h12-14H,5-11H2,1-4H3. The molecule has 0 aromatic carbocycles. The SMILES string of the molecule is CCNCC(COC)N(C)C1CCN(C)CC1. The van der Waals surface area contributed by atoms with Crippen LogP contribution in [-0.2, 0) is 4.74 Å². The zero-order chi connectivity index (χ0) is 12.7. The van der Waals surface area contributed by atoms with E-state index < -0.39 is 0 Å². The Hall–Kier alpha value is -0.160. The second kappa shape index (κ2) is 8.03. The van der Waals surface area contributed by atoms with E-state index in [4.69, 9.17) is 4.74 Å². The molecule has 0 aromatic heterocycles. The Morgan fingerprint density at radius 1 is 1.41 bits per heavy atom. The molecular weight excluding hydrogens is 214 g/mol. The van der Waals surface area contributed by atoms with Crippen molar-refractivity contribution in [3.63, 3.8) is 0 Å². The van der Waals surface area contributed by atoms with Crippen molar-refractivity contribution in [2.24, 2.45) is 0 Å². The summed E-state index contributed by atoms with van der Waals surface area (Å²) < 4.78 is 5.34. The molecule has 0 spiro atoms. The van der Waals surface area contributed by atoms with Crippen LogP contribution in [0.2, 0.25) is 0 Å². The number of nitrogens with one attached hydrogen (secondary N) is 1. The molecule has 1 N–H and O–H groups in total. The summed E-state index contributed by atoms with van der Waals surface area (Å²) in [6.45, 7) is 7.45. The third kappa shape index (κ3) is 4.92. The Labute approximate surface area is 106 Å². The lowest BCUT2D eigenvalue weighted by Crippen LogP contribution is -2.51. The van der Waals surface area contributed by atoms with Crippen molar-refractivity contribution in [1.29, 1.82) is 0 Å². The minimum absolute atomic E-state index is 0.494. The van der Waals surface area contributed by atoms with Crippen LogP contribution < -0.4 is 5.32 Å². The van der Waals surface area contributed by atoms with Crippen LogP contribution in [0.25, 0.3) is 0 Å². The largest absolute Gasteiger partial charge is 0.383 e. The normalized spacial score (nSPS) is 21.0. The minimum Gasteiger partial charge on any atom is -0.383 e. The van der Waals surface area contributed by atoms with Crippen LogP contribution in [0.5, 0.6) is 0 Å². The highest BCUT2D eigenvalue weighted by molar-refractivity contribution is 4.82. The van der Waals surface area contributed by atoms with Gasteiger partial charge in [0, 0.05) is 25.7 Å². The molecule has 102 valence electrons. The Kier molecular flexibility index (Phi) is 7.04. The van der Waals surface area contributed by atoms with Crippen LogP contribution in [0, 0.1) is 0 Å². The Morgan fingerprint density at radius 2 is 2.06 bits per heavy atom. The maximum Gasteiger partial charge on any atom is 0.0630 e. The van der Waals surface area contributed by atoms with Gasteiger partial charge in [-0.1, -0.05) is 6.92 Å². The fraction of sp³-hybridized carbons (Fsp3) is 1.00. The topological polar surface area (TPSA) is 27.7 Å². The van der Waals surface area contributed by atoms with E-state index in [0.29, 0.717) is 12.1 Å². The van der Waals surface area contributed by atoms with Crippen molar-refractivity contribution in [3.05, 3.63) is 0 Å². The van der Waals surface area contributed by atoms with Gasteiger partial charge in [-0.15, -0.1) is 0 Å². The molecule has 0 amide bonds. The van der Waals surface area contributed by atoms with Crippen LogP contribution in [0.1, 0.15) is 19.8 Å². The average Bonchev–Trinajstić information content (AvgIpc) is 2.34. The van der Waals surface area contributed by atoms with Gasteiger partial charge < -0.3 is 15.0 Å². The second-order valence-electron chi connectivity index (χ2n) is 5.12. The van der Waals surface area contributed by atoms with Crippen LogP contribution >= 0.6 is 0 Å². The maximum absolute atomic E-state index is 5.34. The molecule has 4 heteroatoms. The second-order valence-corrected chi connectivity index (χ2v) is 5.12. The number of piperidine rings is 1. The molecule has 1 heterocycles. The van der Waals surface area contributed by atoms with E-state index in [1.807, 2.05) is 0 Å². The van der Waals surface area contributed by atoms with E-state index in [1.165, 1.54) is 25.9 Å². The third-order valence-corrected chi connectivity index (χ3v) is 3.83. The number of likely N-dealkylation sites (N-methyl/N-ethyl adjacent to an activating group) is 2. The number of nitrogens with zero attached hydrogens (tertiary/aromatic N) is 2. The van der Waals surface area contributed by atoms with Crippen molar-refractivity contribution in [1.82, 2.24) is 15.1 Å². The summed E-state index contributed by atoms with van der Waals surface area (Å²) in [5.41, 5.74) is 0. The zero-order valence-electron chi connectivity index (χ0n) is 11.9. The first-order valence-corrected chi connectivity index (χ1v) is 6.79. The van der Waals surface area contributed by atoms with Crippen molar-refractivity contribution < 1.29 is 4.74 Å². The molecule has 0 saturated carbocycles. The monoisotopic (exact) mass is 243 g/mol. The first-order valence-electron chi connectivity index (χ1n) is 6.79. The summed E-state index contributed by atoms with van der Waals surface area (Å²) >= 11 is 0. The van der Waals surface area contributed by atoms with Gasteiger partial charge in [-0.2, -0.15) is 0 Å². The predicted molar refractivity (Wildman–Crippen MR) is 72.5 cm³/mol. The van der Waals surface area contributed by atoms with Gasteiger partial charge in [0.05, 0.1) is 6.61 Å². The Balaban J connectivity index is 2.42. The fourth-order valence-corrected chi connectivity index (χ4v) is 2.52. The van der Waals surface area contributed by atoms with E-state index in [9.17, 15) is 0 Å². The average molecular weight is 243 g/mol. The van der Waals surface area contributed by atoms with Crippen LogP contribution in [0.15, 0.2) is 0 Å². The molecular formula is C13H29N3O. The number of likely N-dealkylation sites (tertiary alicyclic amines) is 1. The van der Waals surface area contributed by atoms with Crippen LogP contribution in [-0.4, -0.2) is 75.9 Å². The van der Waals surface area contributed by atoms with Crippen LogP contribution in [0.3, 0.4) is 0 Å². The van der Waals surface area contributed by atoms with E-state index in [2.05, 4.69) is 36.1 Å². The molecule has 0 radical (unpaired) electrons. The molecule has 1 aliphatic rings. The molecule has 0 aromatic rings.